The molecule has 21 heavy (non-hydrogen) atoms. The molecule has 4 heteroatoms. The summed E-state index contributed by atoms with van der Waals surface area (Å²) in [5.41, 5.74) is 0.721. The zero-order valence-corrected chi connectivity index (χ0v) is 14.6. The monoisotopic (exact) mass is 353 g/mol. The summed E-state index contributed by atoms with van der Waals surface area (Å²) in [4.78, 5) is 14.9. The normalized spacial score (nSPS) is 22.1. The van der Waals surface area contributed by atoms with Crippen molar-refractivity contribution in [2.45, 2.75) is 56.5 Å². The van der Waals surface area contributed by atoms with Gasteiger partial charge in [0.2, 0.25) is 0 Å². The standard InChI is InChI=1S/C17H24BrNO2/c1-12(2)21-14-10-8-13(9-11-14)17(20)19(3)16-7-5-4-6-15(16)18/h8-12,15-16H,4-7H2,1-3H3. The predicted octanol–water partition coefficient (Wildman–Crippen LogP) is 4.25. The summed E-state index contributed by atoms with van der Waals surface area (Å²) >= 11 is 3.72. The van der Waals surface area contributed by atoms with Gasteiger partial charge in [-0.2, -0.15) is 0 Å². The third-order valence-corrected chi connectivity index (χ3v) is 5.01. The van der Waals surface area contributed by atoms with Gasteiger partial charge < -0.3 is 9.64 Å². The Morgan fingerprint density at radius 1 is 1.24 bits per heavy atom. The van der Waals surface area contributed by atoms with Gasteiger partial charge in [0.15, 0.2) is 0 Å². The molecule has 0 radical (unpaired) electrons. The number of hydrogen-bond donors (Lipinski definition) is 0. The van der Waals surface area contributed by atoms with E-state index in [4.69, 9.17) is 4.74 Å². The van der Waals surface area contributed by atoms with Crippen LogP contribution >= 0.6 is 15.9 Å². The molecule has 1 saturated carbocycles. The van der Waals surface area contributed by atoms with E-state index >= 15 is 0 Å². The van der Waals surface area contributed by atoms with Crippen LogP contribution in [-0.2, 0) is 0 Å². The van der Waals surface area contributed by atoms with Crippen LogP contribution in [0, 0.1) is 0 Å². The lowest BCUT2D eigenvalue weighted by Gasteiger charge is -2.35. The fourth-order valence-corrected chi connectivity index (χ4v) is 3.75. The van der Waals surface area contributed by atoms with Crippen molar-refractivity contribution in [1.82, 2.24) is 4.90 Å². The lowest BCUT2D eigenvalue weighted by atomic mass is 9.94. The van der Waals surface area contributed by atoms with Crippen LogP contribution in [0.4, 0.5) is 0 Å². The van der Waals surface area contributed by atoms with Crippen molar-refractivity contribution in [3.8, 4) is 5.75 Å². The molecule has 0 aromatic heterocycles. The fraction of sp³-hybridized carbons (Fsp3) is 0.588. The molecule has 0 spiro atoms. The van der Waals surface area contributed by atoms with Crippen molar-refractivity contribution in [1.29, 1.82) is 0 Å². The Morgan fingerprint density at radius 3 is 2.43 bits per heavy atom. The lowest BCUT2D eigenvalue weighted by Crippen LogP contribution is -2.44. The van der Waals surface area contributed by atoms with Gasteiger partial charge in [-0.3, -0.25) is 4.79 Å². The van der Waals surface area contributed by atoms with Crippen LogP contribution in [0.15, 0.2) is 24.3 Å². The number of ether oxygens (including phenoxy) is 1. The van der Waals surface area contributed by atoms with Gasteiger partial charge >= 0.3 is 0 Å². The Balaban J connectivity index is 2.04. The number of amides is 1. The molecule has 116 valence electrons. The quantitative estimate of drug-likeness (QED) is 0.757. The maximum Gasteiger partial charge on any atom is 0.253 e. The van der Waals surface area contributed by atoms with E-state index in [0.29, 0.717) is 4.83 Å². The lowest BCUT2D eigenvalue weighted by molar-refractivity contribution is 0.0704. The molecular formula is C17H24BrNO2. The van der Waals surface area contributed by atoms with Crippen LogP contribution in [0.2, 0.25) is 0 Å². The van der Waals surface area contributed by atoms with Gasteiger partial charge in [0.05, 0.1) is 6.10 Å². The second kappa shape index (κ2) is 7.30. The van der Waals surface area contributed by atoms with Crippen molar-refractivity contribution < 1.29 is 9.53 Å². The number of alkyl halides is 1. The Bertz CT molecular complexity index is 472. The van der Waals surface area contributed by atoms with Crippen LogP contribution in [0.3, 0.4) is 0 Å². The van der Waals surface area contributed by atoms with Gasteiger partial charge in [-0.25, -0.2) is 0 Å². The zero-order valence-electron chi connectivity index (χ0n) is 13.0. The van der Waals surface area contributed by atoms with E-state index in [2.05, 4.69) is 15.9 Å². The molecule has 1 aromatic carbocycles. The largest absolute Gasteiger partial charge is 0.491 e. The van der Waals surface area contributed by atoms with Gasteiger partial charge in [0, 0.05) is 23.5 Å². The van der Waals surface area contributed by atoms with E-state index < -0.39 is 0 Å². The number of halogens is 1. The highest BCUT2D eigenvalue weighted by molar-refractivity contribution is 9.09. The van der Waals surface area contributed by atoms with Crippen molar-refractivity contribution in [3.63, 3.8) is 0 Å². The molecule has 0 aliphatic heterocycles. The van der Waals surface area contributed by atoms with Crippen molar-refractivity contribution in [2.24, 2.45) is 0 Å². The molecule has 2 atom stereocenters. The molecule has 0 heterocycles. The molecule has 0 bridgehead atoms. The van der Waals surface area contributed by atoms with Crippen LogP contribution in [0.1, 0.15) is 49.9 Å². The van der Waals surface area contributed by atoms with Crippen molar-refractivity contribution >= 4 is 21.8 Å². The van der Waals surface area contributed by atoms with E-state index in [1.54, 1.807) is 0 Å². The predicted molar refractivity (Wildman–Crippen MR) is 89.3 cm³/mol. The molecule has 2 rings (SSSR count). The summed E-state index contributed by atoms with van der Waals surface area (Å²) in [5, 5.41) is 0. The second-order valence-electron chi connectivity index (χ2n) is 5.97. The minimum Gasteiger partial charge on any atom is -0.491 e. The Morgan fingerprint density at radius 2 is 1.86 bits per heavy atom. The Kier molecular flexibility index (Phi) is 5.68. The molecule has 3 nitrogen and oxygen atoms in total. The molecule has 1 aliphatic carbocycles. The van der Waals surface area contributed by atoms with Crippen LogP contribution in [0.5, 0.6) is 5.75 Å². The second-order valence-corrected chi connectivity index (χ2v) is 7.15. The highest BCUT2D eigenvalue weighted by Gasteiger charge is 2.29. The number of hydrogen-bond acceptors (Lipinski definition) is 2. The third-order valence-electron chi connectivity index (χ3n) is 3.94. The first-order chi connectivity index (χ1) is 9.99. The maximum atomic E-state index is 12.6. The van der Waals surface area contributed by atoms with Gasteiger partial charge in [0.25, 0.3) is 5.91 Å². The van der Waals surface area contributed by atoms with Crippen LogP contribution < -0.4 is 4.74 Å². The van der Waals surface area contributed by atoms with Gasteiger partial charge in [-0.05, 0) is 51.0 Å². The van der Waals surface area contributed by atoms with E-state index in [-0.39, 0.29) is 18.1 Å². The molecule has 1 aromatic rings. The van der Waals surface area contributed by atoms with E-state index in [1.807, 2.05) is 50.1 Å². The van der Waals surface area contributed by atoms with Gasteiger partial charge in [-0.1, -0.05) is 28.8 Å². The van der Waals surface area contributed by atoms with Gasteiger partial charge in [0.1, 0.15) is 5.75 Å². The van der Waals surface area contributed by atoms with E-state index in [9.17, 15) is 4.79 Å². The molecular weight excluding hydrogens is 330 g/mol. The summed E-state index contributed by atoms with van der Waals surface area (Å²) in [6.07, 6.45) is 4.81. The first kappa shape index (κ1) is 16.3. The topological polar surface area (TPSA) is 29.5 Å². The summed E-state index contributed by atoms with van der Waals surface area (Å²) in [6.45, 7) is 3.98. The summed E-state index contributed by atoms with van der Waals surface area (Å²) < 4.78 is 5.61. The highest BCUT2D eigenvalue weighted by atomic mass is 79.9. The number of rotatable bonds is 4. The molecule has 0 saturated heterocycles. The van der Waals surface area contributed by atoms with Crippen LogP contribution in [-0.4, -0.2) is 34.8 Å². The fourth-order valence-electron chi connectivity index (χ4n) is 2.80. The van der Waals surface area contributed by atoms with Crippen molar-refractivity contribution in [3.05, 3.63) is 29.8 Å². The average Bonchev–Trinajstić information content (AvgIpc) is 2.46. The Labute approximate surface area is 135 Å². The minimum absolute atomic E-state index is 0.0856. The minimum atomic E-state index is 0.0856. The van der Waals surface area contributed by atoms with Crippen LogP contribution in [0.25, 0.3) is 0 Å². The SMILES string of the molecule is CC(C)Oc1ccc(C(=O)N(C)C2CCCCC2Br)cc1. The summed E-state index contributed by atoms with van der Waals surface area (Å²) in [5.74, 6) is 0.891. The average molecular weight is 354 g/mol. The molecule has 2 unspecified atom stereocenters. The van der Waals surface area contributed by atoms with E-state index in [0.717, 1.165) is 24.2 Å². The first-order valence-corrected chi connectivity index (χ1v) is 8.58. The van der Waals surface area contributed by atoms with Gasteiger partial charge in [-0.15, -0.1) is 0 Å². The maximum absolute atomic E-state index is 12.6. The number of nitrogens with zero attached hydrogens (tertiary/aromatic N) is 1. The molecule has 0 N–H and O–H groups in total. The smallest absolute Gasteiger partial charge is 0.253 e. The number of benzene rings is 1. The van der Waals surface area contributed by atoms with E-state index in [1.165, 1.54) is 12.8 Å². The summed E-state index contributed by atoms with van der Waals surface area (Å²) in [6, 6.07) is 7.73. The Hall–Kier alpha value is -1.03. The molecule has 1 aliphatic rings. The zero-order chi connectivity index (χ0) is 15.4. The highest BCUT2D eigenvalue weighted by Crippen LogP contribution is 2.28. The third kappa shape index (κ3) is 4.22. The molecule has 1 fully saturated rings. The molecule has 1 amide bonds. The number of carbonyl (C=O) groups is 1. The number of carbonyl (C=O) groups excluding carboxylic acids is 1. The first-order valence-electron chi connectivity index (χ1n) is 7.67. The van der Waals surface area contributed by atoms with Crippen molar-refractivity contribution in [2.75, 3.05) is 7.05 Å². The summed E-state index contributed by atoms with van der Waals surface area (Å²) in [7, 11) is 1.91.